The van der Waals surface area contributed by atoms with Crippen molar-refractivity contribution in [3.8, 4) is 0 Å². The molecular formula is C19H20N2O4. The molecule has 0 saturated heterocycles. The zero-order valence-corrected chi connectivity index (χ0v) is 14.5. The number of aryl methyl sites for hydroxylation is 1. The van der Waals surface area contributed by atoms with E-state index in [1.165, 1.54) is 0 Å². The average molecular weight is 340 g/mol. The van der Waals surface area contributed by atoms with E-state index >= 15 is 0 Å². The summed E-state index contributed by atoms with van der Waals surface area (Å²) in [6.07, 6.45) is 1.35. The van der Waals surface area contributed by atoms with Gasteiger partial charge >= 0.3 is 5.97 Å². The molecule has 2 aromatic heterocycles. The predicted octanol–water partition coefficient (Wildman–Crippen LogP) is 3.24. The van der Waals surface area contributed by atoms with Gasteiger partial charge in [0.15, 0.2) is 5.78 Å². The quantitative estimate of drug-likeness (QED) is 0.391. The lowest BCUT2D eigenvalue weighted by molar-refractivity contribution is -0.141. The van der Waals surface area contributed by atoms with Crippen molar-refractivity contribution in [1.82, 2.24) is 9.55 Å². The minimum atomic E-state index is -0.544. The second-order valence-corrected chi connectivity index (χ2v) is 5.78. The Hall–Kier alpha value is -2.73. The van der Waals surface area contributed by atoms with Crippen LogP contribution < -0.4 is 0 Å². The number of fused-ring (bicyclic) bond motifs is 3. The molecule has 0 aliphatic rings. The lowest BCUT2D eigenvalue weighted by atomic mass is 10.1. The first-order chi connectivity index (χ1) is 12.1. The number of para-hydroxylation sites is 1. The number of methoxy groups -OCH3 is 1. The molecular weight excluding hydrogens is 320 g/mol. The molecule has 0 bridgehead atoms. The van der Waals surface area contributed by atoms with Gasteiger partial charge < -0.3 is 14.0 Å². The largest absolute Gasteiger partial charge is 0.466 e. The fourth-order valence-electron chi connectivity index (χ4n) is 3.13. The fourth-order valence-corrected chi connectivity index (χ4v) is 3.13. The summed E-state index contributed by atoms with van der Waals surface area (Å²) in [4.78, 5) is 28.7. The molecule has 0 N–H and O–H groups in total. The summed E-state index contributed by atoms with van der Waals surface area (Å²) < 4.78 is 12.1. The molecule has 0 saturated carbocycles. The van der Waals surface area contributed by atoms with Crippen LogP contribution in [0.5, 0.6) is 0 Å². The van der Waals surface area contributed by atoms with E-state index in [0.29, 0.717) is 5.52 Å². The minimum absolute atomic E-state index is 0.243. The van der Waals surface area contributed by atoms with Gasteiger partial charge in [0.25, 0.3) is 0 Å². The standard InChI is InChI=1S/C19H20N2O4/c1-4-25-16(23)9-15(22)18-19-17(12(2)10-20-18)13-7-5-6-8-14(13)21(19)11-24-3/h5-8,10H,4,9,11H2,1-3H3. The molecule has 1 aromatic carbocycles. The van der Waals surface area contributed by atoms with E-state index < -0.39 is 5.97 Å². The Balaban J connectivity index is 2.25. The summed E-state index contributed by atoms with van der Waals surface area (Å²) in [5.41, 5.74) is 2.88. The molecule has 0 atom stereocenters. The number of esters is 1. The van der Waals surface area contributed by atoms with Gasteiger partial charge in [0.1, 0.15) is 18.8 Å². The molecule has 3 rings (SSSR count). The second-order valence-electron chi connectivity index (χ2n) is 5.78. The minimum Gasteiger partial charge on any atom is -0.466 e. The Labute approximate surface area is 145 Å². The van der Waals surface area contributed by atoms with Gasteiger partial charge in [-0.25, -0.2) is 0 Å². The highest BCUT2D eigenvalue weighted by Gasteiger charge is 2.22. The van der Waals surface area contributed by atoms with Crippen molar-refractivity contribution in [2.45, 2.75) is 27.0 Å². The van der Waals surface area contributed by atoms with E-state index in [2.05, 4.69) is 4.98 Å². The Kier molecular flexibility index (Phi) is 4.81. The number of hydrogen-bond acceptors (Lipinski definition) is 5. The maximum Gasteiger partial charge on any atom is 0.313 e. The molecule has 6 heteroatoms. The number of nitrogens with zero attached hydrogens (tertiary/aromatic N) is 2. The van der Waals surface area contributed by atoms with Gasteiger partial charge in [-0.05, 0) is 25.5 Å². The maximum atomic E-state index is 12.7. The van der Waals surface area contributed by atoms with Gasteiger partial charge in [0, 0.05) is 24.1 Å². The highest BCUT2D eigenvalue weighted by molar-refractivity contribution is 6.18. The summed E-state index contributed by atoms with van der Waals surface area (Å²) in [5, 5.41) is 1.98. The molecule has 25 heavy (non-hydrogen) atoms. The van der Waals surface area contributed by atoms with Gasteiger partial charge in [-0.2, -0.15) is 0 Å². The molecule has 0 fully saturated rings. The first kappa shape index (κ1) is 17.1. The van der Waals surface area contributed by atoms with Gasteiger partial charge in [-0.3, -0.25) is 14.6 Å². The second kappa shape index (κ2) is 7.03. The van der Waals surface area contributed by atoms with Gasteiger partial charge in [0.2, 0.25) is 0 Å². The van der Waals surface area contributed by atoms with E-state index in [0.717, 1.165) is 21.9 Å². The Morgan fingerprint density at radius 1 is 1.24 bits per heavy atom. The van der Waals surface area contributed by atoms with Crippen molar-refractivity contribution in [3.05, 3.63) is 41.7 Å². The number of Topliss-reactive ketones (excluding diaryl/α,β-unsaturated/α-hetero) is 1. The number of carbonyl (C=O) groups excluding carboxylic acids is 2. The lowest BCUT2D eigenvalue weighted by Crippen LogP contribution is -2.14. The summed E-state index contributed by atoms with van der Waals surface area (Å²) in [6, 6.07) is 7.89. The van der Waals surface area contributed by atoms with Crippen LogP contribution in [0.15, 0.2) is 30.5 Å². The van der Waals surface area contributed by atoms with Gasteiger partial charge in [0.05, 0.1) is 17.6 Å². The van der Waals surface area contributed by atoms with Crippen molar-refractivity contribution in [3.63, 3.8) is 0 Å². The van der Waals surface area contributed by atoms with Gasteiger partial charge in [-0.15, -0.1) is 0 Å². The maximum absolute atomic E-state index is 12.7. The number of hydrogen-bond donors (Lipinski definition) is 0. The van der Waals surface area contributed by atoms with Crippen molar-refractivity contribution in [1.29, 1.82) is 0 Å². The number of ether oxygens (including phenoxy) is 2. The topological polar surface area (TPSA) is 70.4 Å². The normalized spacial score (nSPS) is 11.2. The summed E-state index contributed by atoms with van der Waals surface area (Å²) in [6.45, 7) is 4.20. The highest BCUT2D eigenvalue weighted by atomic mass is 16.5. The highest BCUT2D eigenvalue weighted by Crippen LogP contribution is 2.33. The Morgan fingerprint density at radius 2 is 2.00 bits per heavy atom. The Bertz CT molecular complexity index is 959. The van der Waals surface area contributed by atoms with Crippen molar-refractivity contribution in [2.24, 2.45) is 0 Å². The smallest absolute Gasteiger partial charge is 0.313 e. The van der Waals surface area contributed by atoms with Crippen LogP contribution in [0.4, 0.5) is 0 Å². The summed E-state index contributed by atoms with van der Waals surface area (Å²) in [7, 11) is 1.60. The first-order valence-electron chi connectivity index (χ1n) is 8.12. The molecule has 0 aliphatic heterocycles. The van der Waals surface area contributed by atoms with E-state index in [9.17, 15) is 9.59 Å². The van der Waals surface area contributed by atoms with Crippen LogP contribution in [0.3, 0.4) is 0 Å². The third-order valence-corrected chi connectivity index (χ3v) is 4.11. The summed E-state index contributed by atoms with van der Waals surface area (Å²) in [5.74, 6) is -0.902. The molecule has 130 valence electrons. The number of carbonyl (C=O) groups is 2. The number of aromatic nitrogens is 2. The lowest BCUT2D eigenvalue weighted by Gasteiger charge is -2.09. The Morgan fingerprint density at radius 3 is 2.72 bits per heavy atom. The van der Waals surface area contributed by atoms with Crippen LogP contribution in [0, 0.1) is 6.92 Å². The van der Waals surface area contributed by atoms with Gasteiger partial charge in [-0.1, -0.05) is 18.2 Å². The van der Waals surface area contributed by atoms with E-state index in [1.54, 1.807) is 20.2 Å². The van der Waals surface area contributed by atoms with E-state index in [-0.39, 0.29) is 31.2 Å². The monoisotopic (exact) mass is 340 g/mol. The molecule has 2 heterocycles. The summed E-state index contributed by atoms with van der Waals surface area (Å²) >= 11 is 0. The SMILES string of the molecule is CCOC(=O)CC(=O)c1ncc(C)c2c3ccccc3n(COC)c12. The number of rotatable bonds is 6. The van der Waals surface area contributed by atoms with Crippen LogP contribution in [0.25, 0.3) is 21.8 Å². The predicted molar refractivity (Wildman–Crippen MR) is 94.6 cm³/mol. The number of benzene rings is 1. The van der Waals surface area contributed by atoms with E-state index in [4.69, 9.17) is 9.47 Å². The van der Waals surface area contributed by atoms with Crippen molar-refractivity contribution in [2.75, 3.05) is 13.7 Å². The molecule has 0 amide bonds. The van der Waals surface area contributed by atoms with Crippen molar-refractivity contribution < 1.29 is 19.1 Å². The zero-order chi connectivity index (χ0) is 18.0. The molecule has 0 aliphatic carbocycles. The average Bonchev–Trinajstić information content (AvgIpc) is 2.91. The third kappa shape index (κ3) is 3.00. The molecule has 3 aromatic rings. The van der Waals surface area contributed by atoms with E-state index in [1.807, 2.05) is 35.8 Å². The first-order valence-corrected chi connectivity index (χ1v) is 8.12. The van der Waals surface area contributed by atoms with Crippen LogP contribution in [0.2, 0.25) is 0 Å². The molecule has 0 unspecified atom stereocenters. The zero-order valence-electron chi connectivity index (χ0n) is 14.5. The number of ketones is 1. The number of pyridine rings is 1. The molecule has 0 radical (unpaired) electrons. The van der Waals surface area contributed by atoms with Crippen molar-refractivity contribution >= 4 is 33.6 Å². The van der Waals surface area contributed by atoms with Crippen LogP contribution >= 0.6 is 0 Å². The third-order valence-electron chi connectivity index (χ3n) is 4.11. The van der Waals surface area contributed by atoms with Crippen LogP contribution in [-0.4, -0.2) is 35.0 Å². The molecule has 0 spiro atoms. The molecule has 6 nitrogen and oxygen atoms in total. The fraction of sp³-hybridized carbons (Fsp3) is 0.316. The van der Waals surface area contributed by atoms with Crippen LogP contribution in [-0.2, 0) is 21.0 Å². The van der Waals surface area contributed by atoms with Crippen LogP contribution in [0.1, 0.15) is 29.4 Å².